The van der Waals surface area contributed by atoms with Crippen LogP contribution in [0.15, 0.2) is 34.8 Å². The topological polar surface area (TPSA) is 83.8 Å². The number of fused-ring (bicyclic) bond motifs is 1. The zero-order chi connectivity index (χ0) is 16.1. The fourth-order valence-corrected chi connectivity index (χ4v) is 2.82. The van der Waals surface area contributed by atoms with Crippen LogP contribution in [-0.4, -0.2) is 28.1 Å². The van der Waals surface area contributed by atoms with E-state index in [1.165, 1.54) is 31.6 Å². The summed E-state index contributed by atoms with van der Waals surface area (Å²) in [5.41, 5.74) is 0.396. The first kappa shape index (κ1) is 16.3. The SMILES string of the molecule is CCCCCCC[C@H]1CC2=CC(=O)C(C(=O)O)=C(O)C2=CO1. The Morgan fingerprint density at radius 3 is 2.73 bits per heavy atom. The summed E-state index contributed by atoms with van der Waals surface area (Å²) in [5.74, 6) is -2.56. The van der Waals surface area contributed by atoms with E-state index in [4.69, 9.17) is 9.84 Å². The molecule has 1 aliphatic carbocycles. The Morgan fingerprint density at radius 2 is 2.05 bits per heavy atom. The van der Waals surface area contributed by atoms with Crippen LogP contribution in [0.25, 0.3) is 0 Å². The molecule has 22 heavy (non-hydrogen) atoms. The highest BCUT2D eigenvalue weighted by molar-refractivity contribution is 6.23. The number of carbonyl (C=O) groups excluding carboxylic acids is 1. The van der Waals surface area contributed by atoms with Crippen molar-refractivity contribution in [3.8, 4) is 0 Å². The number of ether oxygens (including phenoxy) is 1. The fourth-order valence-electron chi connectivity index (χ4n) is 2.82. The Balaban J connectivity index is 1.99. The molecule has 0 saturated carbocycles. The molecule has 0 aromatic carbocycles. The highest BCUT2D eigenvalue weighted by atomic mass is 16.5. The largest absolute Gasteiger partial charge is 0.506 e. The van der Waals surface area contributed by atoms with Crippen molar-refractivity contribution >= 4 is 11.8 Å². The lowest BCUT2D eigenvalue weighted by molar-refractivity contribution is -0.134. The average Bonchev–Trinajstić information content (AvgIpc) is 2.46. The maximum atomic E-state index is 11.8. The summed E-state index contributed by atoms with van der Waals surface area (Å²) >= 11 is 0. The van der Waals surface area contributed by atoms with Gasteiger partial charge in [0, 0.05) is 6.42 Å². The minimum Gasteiger partial charge on any atom is -0.506 e. The molecule has 0 spiro atoms. The number of aliphatic hydroxyl groups excluding tert-OH is 1. The Morgan fingerprint density at radius 1 is 1.32 bits per heavy atom. The summed E-state index contributed by atoms with van der Waals surface area (Å²) in [6.07, 6.45) is 10.0. The van der Waals surface area contributed by atoms with Crippen molar-refractivity contribution in [2.24, 2.45) is 0 Å². The fraction of sp³-hybridized carbons (Fsp3) is 0.529. The first-order valence-electron chi connectivity index (χ1n) is 7.82. The van der Waals surface area contributed by atoms with Crippen molar-refractivity contribution in [2.75, 3.05) is 0 Å². The minimum absolute atomic E-state index is 0.0106. The molecular weight excluding hydrogens is 284 g/mol. The van der Waals surface area contributed by atoms with E-state index in [9.17, 15) is 14.7 Å². The second-order valence-corrected chi connectivity index (χ2v) is 5.76. The number of hydrogen-bond donors (Lipinski definition) is 2. The van der Waals surface area contributed by atoms with E-state index >= 15 is 0 Å². The van der Waals surface area contributed by atoms with Crippen LogP contribution in [0.5, 0.6) is 0 Å². The number of carboxylic acids is 1. The number of aliphatic hydroxyl groups is 1. The van der Waals surface area contributed by atoms with Gasteiger partial charge in [-0.1, -0.05) is 32.6 Å². The molecule has 0 aromatic rings. The Bertz CT molecular complexity index is 553. The zero-order valence-electron chi connectivity index (χ0n) is 12.8. The van der Waals surface area contributed by atoms with Gasteiger partial charge < -0.3 is 14.9 Å². The van der Waals surface area contributed by atoms with Crippen LogP contribution in [-0.2, 0) is 14.3 Å². The van der Waals surface area contributed by atoms with Crippen LogP contribution >= 0.6 is 0 Å². The zero-order valence-corrected chi connectivity index (χ0v) is 12.8. The summed E-state index contributed by atoms with van der Waals surface area (Å²) in [6, 6.07) is 0. The third kappa shape index (κ3) is 3.59. The maximum Gasteiger partial charge on any atom is 0.343 e. The first-order chi connectivity index (χ1) is 10.5. The van der Waals surface area contributed by atoms with Crippen LogP contribution in [0.2, 0.25) is 0 Å². The number of hydrogen-bond acceptors (Lipinski definition) is 4. The molecule has 2 aliphatic rings. The predicted molar refractivity (Wildman–Crippen MR) is 81.3 cm³/mol. The summed E-state index contributed by atoms with van der Waals surface area (Å²) in [5, 5.41) is 18.9. The Hall–Kier alpha value is -2.04. The molecule has 0 bridgehead atoms. The van der Waals surface area contributed by atoms with Crippen molar-refractivity contribution in [2.45, 2.75) is 58.0 Å². The van der Waals surface area contributed by atoms with Crippen molar-refractivity contribution in [3.63, 3.8) is 0 Å². The smallest absolute Gasteiger partial charge is 0.343 e. The summed E-state index contributed by atoms with van der Waals surface area (Å²) < 4.78 is 5.59. The summed E-state index contributed by atoms with van der Waals surface area (Å²) in [4.78, 5) is 22.8. The number of ketones is 1. The molecule has 0 saturated heterocycles. The van der Waals surface area contributed by atoms with E-state index in [0.717, 1.165) is 19.3 Å². The van der Waals surface area contributed by atoms with E-state index in [0.29, 0.717) is 17.6 Å². The molecule has 2 N–H and O–H groups in total. The Kier molecular flexibility index (Phi) is 5.41. The second kappa shape index (κ2) is 7.29. The van der Waals surface area contributed by atoms with Gasteiger partial charge in [0.2, 0.25) is 0 Å². The van der Waals surface area contributed by atoms with Gasteiger partial charge in [-0.2, -0.15) is 0 Å². The lowest BCUT2D eigenvalue weighted by atomic mass is 9.87. The molecule has 5 heteroatoms. The molecule has 0 fully saturated rings. The summed E-state index contributed by atoms with van der Waals surface area (Å²) in [6.45, 7) is 2.18. The van der Waals surface area contributed by atoms with Crippen LogP contribution < -0.4 is 0 Å². The molecular formula is C17H22O5. The van der Waals surface area contributed by atoms with E-state index in [1.807, 2.05) is 0 Å². The molecule has 0 radical (unpaired) electrons. The summed E-state index contributed by atoms with van der Waals surface area (Å²) in [7, 11) is 0. The molecule has 0 aromatic heterocycles. The first-order valence-corrected chi connectivity index (χ1v) is 7.82. The quantitative estimate of drug-likeness (QED) is 0.556. The van der Waals surface area contributed by atoms with E-state index in [2.05, 4.69) is 6.92 Å². The van der Waals surface area contributed by atoms with Gasteiger partial charge in [0.15, 0.2) is 5.78 Å². The molecule has 1 aliphatic heterocycles. The van der Waals surface area contributed by atoms with E-state index < -0.39 is 23.1 Å². The van der Waals surface area contributed by atoms with Crippen LogP contribution in [0, 0.1) is 0 Å². The van der Waals surface area contributed by atoms with Crippen molar-refractivity contribution in [1.29, 1.82) is 0 Å². The van der Waals surface area contributed by atoms with Gasteiger partial charge >= 0.3 is 5.97 Å². The third-order valence-corrected chi connectivity index (χ3v) is 4.06. The normalized spacial score (nSPS) is 21.0. The minimum atomic E-state index is -1.42. The van der Waals surface area contributed by atoms with Gasteiger partial charge in [-0.15, -0.1) is 0 Å². The molecule has 1 heterocycles. The lowest BCUT2D eigenvalue weighted by Gasteiger charge is -2.27. The molecule has 1 atom stereocenters. The van der Waals surface area contributed by atoms with Gasteiger partial charge in [-0.3, -0.25) is 4.79 Å². The molecule has 5 nitrogen and oxygen atoms in total. The number of unbranched alkanes of at least 4 members (excludes halogenated alkanes) is 4. The van der Waals surface area contributed by atoms with Crippen molar-refractivity contribution < 1.29 is 24.5 Å². The van der Waals surface area contributed by atoms with Crippen molar-refractivity contribution in [3.05, 3.63) is 34.8 Å². The maximum absolute atomic E-state index is 11.8. The number of carboxylic acid groups (broad SMARTS) is 1. The number of aliphatic carboxylic acids is 1. The van der Waals surface area contributed by atoms with Crippen LogP contribution in [0.4, 0.5) is 0 Å². The van der Waals surface area contributed by atoms with E-state index in [-0.39, 0.29) is 6.10 Å². The molecule has 2 rings (SSSR count). The van der Waals surface area contributed by atoms with E-state index in [1.54, 1.807) is 0 Å². The molecule has 120 valence electrons. The standard InChI is InChI=1S/C17H22O5/c1-2-3-4-5-6-7-12-8-11-9-14(18)15(17(20)21)16(19)13(11)10-22-12/h9-10,12,19H,2-8H2,1H3,(H,20,21)/t12-/m0/s1. The van der Waals surface area contributed by atoms with Gasteiger partial charge in [0.1, 0.15) is 17.4 Å². The lowest BCUT2D eigenvalue weighted by Crippen LogP contribution is -2.24. The molecule has 0 amide bonds. The van der Waals surface area contributed by atoms with Crippen molar-refractivity contribution in [1.82, 2.24) is 0 Å². The van der Waals surface area contributed by atoms with Crippen LogP contribution in [0.3, 0.4) is 0 Å². The monoisotopic (exact) mass is 306 g/mol. The highest BCUT2D eigenvalue weighted by Gasteiger charge is 2.33. The number of carbonyl (C=O) groups is 2. The highest BCUT2D eigenvalue weighted by Crippen LogP contribution is 2.34. The van der Waals surface area contributed by atoms with Crippen LogP contribution in [0.1, 0.15) is 51.9 Å². The van der Waals surface area contributed by atoms with Gasteiger partial charge in [-0.25, -0.2) is 4.79 Å². The second-order valence-electron chi connectivity index (χ2n) is 5.76. The predicted octanol–water partition coefficient (Wildman–Crippen LogP) is 3.43. The average molecular weight is 306 g/mol. The number of allylic oxidation sites excluding steroid dienone is 2. The Labute approximate surface area is 130 Å². The van der Waals surface area contributed by atoms with Gasteiger partial charge in [0.25, 0.3) is 0 Å². The van der Waals surface area contributed by atoms with Gasteiger partial charge in [-0.05, 0) is 24.5 Å². The third-order valence-electron chi connectivity index (χ3n) is 4.06. The molecule has 0 unspecified atom stereocenters. The van der Waals surface area contributed by atoms with Gasteiger partial charge in [0.05, 0.1) is 11.8 Å². The number of rotatable bonds is 7.